The van der Waals surface area contributed by atoms with Gasteiger partial charge in [-0.15, -0.1) is 0 Å². The number of nitrogens with two attached hydrogens (primary N) is 1. The van der Waals surface area contributed by atoms with Crippen molar-refractivity contribution < 1.29 is 58.2 Å². The van der Waals surface area contributed by atoms with Gasteiger partial charge >= 0.3 is 11.9 Å². The number of rotatable bonds is 30. The van der Waals surface area contributed by atoms with Gasteiger partial charge in [-0.1, -0.05) is 72.8 Å². The monoisotopic (exact) mass is 1030 g/mol. The van der Waals surface area contributed by atoms with Crippen molar-refractivity contribution in [2.24, 2.45) is 5.73 Å². The average molecular weight is 1030 g/mol. The number of amides is 8. The number of aromatic amines is 1. The largest absolute Gasteiger partial charge is 0.481 e. The maximum absolute atomic E-state index is 14.3. The zero-order chi connectivity index (χ0) is 52.7. The second kappa shape index (κ2) is 29.1. The van der Waals surface area contributed by atoms with Crippen molar-refractivity contribution in [2.75, 3.05) is 30.6 Å². The minimum Gasteiger partial charge on any atom is -0.481 e. The lowest BCUT2D eigenvalue weighted by atomic mass is 10.0. The van der Waals surface area contributed by atoms with E-state index in [1.165, 1.54) is 30.4 Å². The van der Waals surface area contributed by atoms with Gasteiger partial charge < -0.3 is 58.1 Å². The molecular weight excluding hydrogens is 971 g/mol. The second-order valence-corrected chi connectivity index (χ2v) is 18.7. The Morgan fingerprint density at radius 2 is 1.10 bits per heavy atom. The molecule has 1 aromatic heterocycles. The maximum atomic E-state index is 14.3. The average Bonchev–Trinajstić information content (AvgIpc) is 3.74. The van der Waals surface area contributed by atoms with Crippen molar-refractivity contribution in [1.82, 2.24) is 42.2 Å². The molecule has 8 amide bonds. The van der Waals surface area contributed by atoms with Crippen LogP contribution in [0.1, 0.15) is 48.4 Å². The minimum atomic E-state index is -1.70. The molecule has 386 valence electrons. The molecule has 0 fully saturated rings. The van der Waals surface area contributed by atoms with E-state index in [4.69, 9.17) is 5.73 Å². The third-order valence-electron chi connectivity index (χ3n) is 11.1. The summed E-state index contributed by atoms with van der Waals surface area (Å²) in [4.78, 5) is 134. The molecule has 0 radical (unpaired) electrons. The fourth-order valence-corrected chi connectivity index (χ4v) is 8.49. The first-order valence-corrected chi connectivity index (χ1v) is 25.6. The fraction of sp³-hybridized carbons (Fsp3) is 0.388. The molecule has 0 bridgehead atoms. The number of aromatic nitrogens is 1. The highest BCUT2D eigenvalue weighted by Crippen LogP contribution is 2.20. The molecule has 21 nitrogen and oxygen atoms in total. The van der Waals surface area contributed by atoms with E-state index in [1.54, 1.807) is 91.5 Å². The molecule has 12 N–H and O–H groups in total. The lowest BCUT2D eigenvalue weighted by Gasteiger charge is -2.26. The van der Waals surface area contributed by atoms with Gasteiger partial charge in [-0.25, -0.2) is 0 Å². The summed E-state index contributed by atoms with van der Waals surface area (Å²) in [7, 11) is 0. The van der Waals surface area contributed by atoms with Crippen LogP contribution in [0.4, 0.5) is 0 Å². The van der Waals surface area contributed by atoms with Gasteiger partial charge in [0.05, 0.1) is 19.4 Å². The first kappa shape index (κ1) is 57.2. The number of thioether (sulfide) groups is 2. The van der Waals surface area contributed by atoms with Crippen LogP contribution in [0.25, 0.3) is 10.9 Å². The molecule has 0 aliphatic carbocycles. The number of H-pyrrole nitrogens is 1. The smallest absolute Gasteiger partial charge is 0.307 e. The number of benzene rings is 3. The van der Waals surface area contributed by atoms with E-state index < -0.39 is 108 Å². The van der Waals surface area contributed by atoms with E-state index in [9.17, 15) is 58.2 Å². The molecule has 4 aromatic rings. The zero-order valence-electron chi connectivity index (χ0n) is 40.0. The number of nitrogens with one attached hydrogen (secondary N) is 8. The van der Waals surface area contributed by atoms with Crippen molar-refractivity contribution in [2.45, 2.75) is 88.1 Å². The molecular formula is C49H61N9O12S2. The van der Waals surface area contributed by atoms with Gasteiger partial charge in [0.2, 0.25) is 47.3 Å². The number of para-hydroxylation sites is 1. The van der Waals surface area contributed by atoms with Gasteiger partial charge in [0.1, 0.15) is 36.3 Å². The number of primary amides is 1. The number of fused-ring (bicyclic) bond motifs is 1. The van der Waals surface area contributed by atoms with Crippen molar-refractivity contribution in [3.63, 3.8) is 0 Å². The fourth-order valence-electron chi connectivity index (χ4n) is 7.55. The molecule has 4 rings (SSSR count). The van der Waals surface area contributed by atoms with Crippen molar-refractivity contribution in [3.05, 3.63) is 107 Å². The minimum absolute atomic E-state index is 0.00490. The van der Waals surface area contributed by atoms with Crippen molar-refractivity contribution in [3.8, 4) is 0 Å². The van der Waals surface area contributed by atoms with Gasteiger partial charge in [-0.2, -0.15) is 23.5 Å². The molecule has 0 spiro atoms. The Labute approximate surface area is 424 Å². The molecule has 23 heteroatoms. The lowest BCUT2D eigenvalue weighted by Crippen LogP contribution is -2.59. The van der Waals surface area contributed by atoms with Crippen LogP contribution >= 0.6 is 23.5 Å². The summed E-state index contributed by atoms with van der Waals surface area (Å²) in [5.74, 6) is -8.22. The topological polar surface area (TPSA) is 337 Å². The lowest BCUT2D eigenvalue weighted by molar-refractivity contribution is -0.141. The normalized spacial score (nSPS) is 13.4. The predicted molar refractivity (Wildman–Crippen MR) is 271 cm³/mol. The molecule has 0 saturated carbocycles. The van der Waals surface area contributed by atoms with E-state index in [2.05, 4.69) is 42.2 Å². The van der Waals surface area contributed by atoms with Gasteiger partial charge in [0.15, 0.2) is 0 Å². The number of carboxylic acid groups (broad SMARTS) is 2. The summed E-state index contributed by atoms with van der Waals surface area (Å²) in [5.41, 5.74) is 8.62. The summed E-state index contributed by atoms with van der Waals surface area (Å²) in [6, 6.07) is 14.3. The van der Waals surface area contributed by atoms with E-state index >= 15 is 0 Å². The molecule has 0 aliphatic heterocycles. The number of carbonyl (C=O) groups is 10. The van der Waals surface area contributed by atoms with Crippen LogP contribution in [-0.2, 0) is 73.6 Å². The highest BCUT2D eigenvalue weighted by Gasteiger charge is 2.33. The van der Waals surface area contributed by atoms with Crippen LogP contribution in [0.2, 0.25) is 0 Å². The van der Waals surface area contributed by atoms with Gasteiger partial charge in [0.25, 0.3) is 0 Å². The van der Waals surface area contributed by atoms with Crippen LogP contribution in [-0.4, -0.2) is 141 Å². The Bertz CT molecular complexity index is 2560. The highest BCUT2D eigenvalue weighted by molar-refractivity contribution is 7.98. The number of hydrogen-bond acceptors (Lipinski definition) is 12. The second-order valence-electron chi connectivity index (χ2n) is 16.7. The Morgan fingerprint density at radius 3 is 1.71 bits per heavy atom. The first-order chi connectivity index (χ1) is 34.4. The highest BCUT2D eigenvalue weighted by atomic mass is 32.2. The standard InChI is InChI=1S/C49H61N9O12S2/c1-28(59)53-38(22-30-12-9-13-31(20-30)23-42(61)62)47(68)55-35(16-18-71-2)45(66)52-27-41(60)54-39(24-32-26-51-34-15-8-7-14-33(32)34)48(69)56-36(17-19-72-3)46(67)58-40(25-43(63)64)49(70)57-37(44(50)65)21-29-10-5-4-6-11-29/h4-15,20,26,35-40,51H,16-19,21-25,27H2,1-3H3,(H2,50,65)(H,52,66)(H,53,59)(H,54,60)(H,55,68)(H,56,69)(H,57,70)(H,58,67)(H,61,62)(H,63,64)/t35-,36-,37-,38-,39-,40-/m0/s1. The molecule has 6 atom stereocenters. The molecule has 0 unspecified atom stereocenters. The number of aliphatic carboxylic acids is 2. The van der Waals surface area contributed by atoms with Crippen LogP contribution in [0, 0.1) is 0 Å². The quantitative estimate of drug-likeness (QED) is 0.0336. The van der Waals surface area contributed by atoms with E-state index in [0.29, 0.717) is 33.8 Å². The third-order valence-corrected chi connectivity index (χ3v) is 12.4. The van der Waals surface area contributed by atoms with Gasteiger partial charge in [-0.3, -0.25) is 47.9 Å². The summed E-state index contributed by atoms with van der Waals surface area (Å²) >= 11 is 2.73. The van der Waals surface area contributed by atoms with Gasteiger partial charge in [-0.05, 0) is 65.2 Å². The first-order valence-electron chi connectivity index (χ1n) is 22.8. The summed E-state index contributed by atoms with van der Waals surface area (Å²) in [5, 5.41) is 37.6. The van der Waals surface area contributed by atoms with Crippen LogP contribution in [0.5, 0.6) is 0 Å². The Hall–Kier alpha value is -7.40. The Kier molecular flexibility index (Phi) is 23.1. The van der Waals surface area contributed by atoms with Crippen LogP contribution in [0.3, 0.4) is 0 Å². The van der Waals surface area contributed by atoms with Gasteiger partial charge in [0, 0.05) is 43.3 Å². The van der Waals surface area contributed by atoms with E-state index in [0.717, 1.165) is 10.9 Å². The Morgan fingerprint density at radius 1 is 0.569 bits per heavy atom. The summed E-state index contributed by atoms with van der Waals surface area (Å²) in [6.45, 7) is 0.561. The maximum Gasteiger partial charge on any atom is 0.307 e. The zero-order valence-corrected chi connectivity index (χ0v) is 41.6. The molecule has 3 aromatic carbocycles. The summed E-state index contributed by atoms with van der Waals surface area (Å²) in [6.07, 6.45) is 4.05. The number of carbonyl (C=O) groups excluding carboxylic acids is 8. The summed E-state index contributed by atoms with van der Waals surface area (Å²) < 4.78 is 0. The molecule has 72 heavy (non-hydrogen) atoms. The SMILES string of the molecule is CSCC[C@H](NC(=O)[C@H](Cc1cccc(CC(=O)O)c1)NC(C)=O)C(=O)NCC(=O)N[C@@H](Cc1c[nH]c2ccccc12)C(=O)N[C@@H](CCSC)C(=O)N[C@@H](CC(=O)O)C(=O)N[C@@H](Cc1ccccc1)C(N)=O. The molecule has 0 saturated heterocycles. The van der Waals surface area contributed by atoms with Crippen LogP contribution < -0.4 is 43.0 Å². The number of hydrogen-bond donors (Lipinski definition) is 11. The predicted octanol–water partition coefficient (Wildman–Crippen LogP) is 0.334. The van der Waals surface area contributed by atoms with Crippen molar-refractivity contribution in [1.29, 1.82) is 0 Å². The van der Waals surface area contributed by atoms with Crippen LogP contribution in [0.15, 0.2) is 85.1 Å². The van der Waals surface area contributed by atoms with Crippen molar-refractivity contribution >= 4 is 93.6 Å². The Balaban J connectivity index is 1.51. The van der Waals surface area contributed by atoms with E-state index in [1.807, 2.05) is 6.07 Å². The molecule has 0 aliphatic rings. The molecule has 1 heterocycles. The third kappa shape index (κ3) is 19.1. The van der Waals surface area contributed by atoms with E-state index in [-0.39, 0.29) is 38.5 Å². The number of carboxylic acids is 2.